The third-order valence-electron chi connectivity index (χ3n) is 4.03. The lowest BCUT2D eigenvalue weighted by molar-refractivity contribution is -0.137. The molecule has 0 radical (unpaired) electrons. The summed E-state index contributed by atoms with van der Waals surface area (Å²) in [4.78, 5) is 0. The summed E-state index contributed by atoms with van der Waals surface area (Å²) in [6, 6.07) is 10.1. The number of hydrogen-bond acceptors (Lipinski definition) is 8. The topological polar surface area (TPSA) is 91.8 Å². The van der Waals surface area contributed by atoms with Gasteiger partial charge >= 0.3 is 12.8 Å². The SMILES string of the molecule is FC(F)Oc1ccc(-c2nnc(SCc3nnnn3-c3ccc(C(F)(F)F)cc3)o2)cc1. The van der Waals surface area contributed by atoms with Gasteiger partial charge in [-0.15, -0.1) is 15.3 Å². The molecule has 0 aliphatic carbocycles. The number of aromatic nitrogens is 6. The van der Waals surface area contributed by atoms with E-state index in [2.05, 4.69) is 30.5 Å². The molecule has 0 spiro atoms. The van der Waals surface area contributed by atoms with Gasteiger partial charge in [-0.2, -0.15) is 26.6 Å². The van der Waals surface area contributed by atoms with Crippen LogP contribution in [0.25, 0.3) is 17.1 Å². The molecule has 0 aliphatic rings. The van der Waals surface area contributed by atoms with E-state index in [1.54, 1.807) is 0 Å². The Morgan fingerprint density at radius 2 is 1.69 bits per heavy atom. The average molecular weight is 470 g/mol. The second kappa shape index (κ2) is 8.90. The molecule has 8 nitrogen and oxygen atoms in total. The van der Waals surface area contributed by atoms with Crippen LogP contribution in [-0.4, -0.2) is 37.0 Å². The summed E-state index contributed by atoms with van der Waals surface area (Å²) in [6.45, 7) is -2.92. The molecule has 0 amide bonds. The molecular weight excluding hydrogens is 459 g/mol. The second-order valence-electron chi connectivity index (χ2n) is 6.12. The Balaban J connectivity index is 1.42. The maximum Gasteiger partial charge on any atom is 0.416 e. The van der Waals surface area contributed by atoms with E-state index >= 15 is 0 Å². The predicted octanol–water partition coefficient (Wildman–Crippen LogP) is 4.62. The van der Waals surface area contributed by atoms with E-state index in [1.807, 2.05) is 0 Å². The van der Waals surface area contributed by atoms with Gasteiger partial charge in [0.1, 0.15) is 5.75 Å². The summed E-state index contributed by atoms with van der Waals surface area (Å²) < 4.78 is 73.8. The number of tetrazole rings is 1. The van der Waals surface area contributed by atoms with Crippen LogP contribution in [0.4, 0.5) is 22.0 Å². The monoisotopic (exact) mass is 470 g/mol. The van der Waals surface area contributed by atoms with Crippen LogP contribution in [0.3, 0.4) is 0 Å². The number of ether oxygens (including phenoxy) is 1. The zero-order valence-electron chi connectivity index (χ0n) is 15.7. The van der Waals surface area contributed by atoms with Crippen molar-refractivity contribution in [3.63, 3.8) is 0 Å². The third-order valence-corrected chi connectivity index (χ3v) is 4.85. The van der Waals surface area contributed by atoms with Crippen LogP contribution in [0.15, 0.2) is 58.2 Å². The van der Waals surface area contributed by atoms with Crippen LogP contribution in [0.2, 0.25) is 0 Å². The highest BCUT2D eigenvalue weighted by molar-refractivity contribution is 7.98. The molecule has 0 fully saturated rings. The lowest BCUT2D eigenvalue weighted by Crippen LogP contribution is -2.06. The number of hydrogen-bond donors (Lipinski definition) is 0. The van der Waals surface area contributed by atoms with Crippen LogP contribution in [0.1, 0.15) is 11.4 Å². The molecule has 4 aromatic rings. The zero-order chi connectivity index (χ0) is 22.7. The summed E-state index contributed by atoms with van der Waals surface area (Å²) in [5, 5.41) is 19.2. The number of rotatable bonds is 7. The van der Waals surface area contributed by atoms with Crippen molar-refractivity contribution in [2.24, 2.45) is 0 Å². The van der Waals surface area contributed by atoms with Gasteiger partial charge in [-0.25, -0.2) is 0 Å². The van der Waals surface area contributed by atoms with Crippen molar-refractivity contribution in [1.29, 1.82) is 0 Å². The van der Waals surface area contributed by atoms with Crippen molar-refractivity contribution >= 4 is 11.8 Å². The Bertz CT molecular complexity index is 1180. The van der Waals surface area contributed by atoms with Gasteiger partial charge in [0.05, 0.1) is 17.0 Å². The first-order chi connectivity index (χ1) is 15.3. The molecule has 166 valence electrons. The number of thioether (sulfide) groups is 1. The molecule has 2 aromatic heterocycles. The minimum atomic E-state index is -4.44. The molecule has 4 rings (SSSR count). The first-order valence-electron chi connectivity index (χ1n) is 8.76. The highest BCUT2D eigenvalue weighted by atomic mass is 32.2. The van der Waals surface area contributed by atoms with Gasteiger partial charge in [-0.1, -0.05) is 11.8 Å². The van der Waals surface area contributed by atoms with Crippen molar-refractivity contribution in [2.45, 2.75) is 23.8 Å². The molecule has 0 N–H and O–H groups in total. The minimum Gasteiger partial charge on any atom is -0.435 e. The van der Waals surface area contributed by atoms with E-state index in [9.17, 15) is 22.0 Å². The standard InChI is InChI=1S/C18H11F5N6O2S/c19-16(20)30-13-7-1-10(2-8-13)15-25-26-17(31-15)32-9-14-24-27-28-29(14)12-5-3-11(4-6-12)18(21,22)23/h1-8,16H,9H2. The van der Waals surface area contributed by atoms with Crippen molar-refractivity contribution in [2.75, 3.05) is 0 Å². The van der Waals surface area contributed by atoms with E-state index in [4.69, 9.17) is 4.42 Å². The number of nitrogens with zero attached hydrogens (tertiary/aromatic N) is 6. The highest BCUT2D eigenvalue weighted by Gasteiger charge is 2.30. The number of halogens is 5. The first-order valence-corrected chi connectivity index (χ1v) is 9.74. The fourth-order valence-electron chi connectivity index (χ4n) is 2.58. The molecule has 0 saturated carbocycles. The molecule has 0 aliphatic heterocycles. The molecule has 0 atom stereocenters. The Morgan fingerprint density at radius 1 is 0.969 bits per heavy atom. The average Bonchev–Trinajstić information content (AvgIpc) is 3.41. The normalized spacial score (nSPS) is 11.8. The van der Waals surface area contributed by atoms with Gasteiger partial charge in [0, 0.05) is 5.56 Å². The van der Waals surface area contributed by atoms with Crippen LogP contribution in [0, 0.1) is 0 Å². The summed E-state index contributed by atoms with van der Waals surface area (Å²) in [5.41, 5.74) is 0.0777. The van der Waals surface area contributed by atoms with Crippen molar-refractivity contribution in [3.05, 3.63) is 59.9 Å². The zero-order valence-corrected chi connectivity index (χ0v) is 16.5. The number of benzene rings is 2. The first kappa shape index (κ1) is 21.7. The van der Waals surface area contributed by atoms with Crippen molar-refractivity contribution in [3.8, 4) is 22.9 Å². The molecule has 0 unspecified atom stereocenters. The van der Waals surface area contributed by atoms with E-state index in [0.717, 1.165) is 23.9 Å². The van der Waals surface area contributed by atoms with Crippen molar-refractivity contribution < 1.29 is 31.1 Å². The van der Waals surface area contributed by atoms with Gasteiger partial charge in [0.2, 0.25) is 5.89 Å². The predicted molar refractivity (Wildman–Crippen MR) is 100 cm³/mol. The Kier molecular flexibility index (Phi) is 6.03. The molecule has 2 aromatic carbocycles. The Morgan fingerprint density at radius 3 is 2.34 bits per heavy atom. The summed E-state index contributed by atoms with van der Waals surface area (Å²) in [6.07, 6.45) is -4.44. The molecule has 0 saturated heterocycles. The van der Waals surface area contributed by atoms with Gasteiger partial charge in [0.25, 0.3) is 5.22 Å². The minimum absolute atomic E-state index is 0.00651. The molecular formula is C18H11F5N6O2S. The smallest absolute Gasteiger partial charge is 0.416 e. The second-order valence-corrected chi connectivity index (χ2v) is 7.04. The van der Waals surface area contributed by atoms with E-state index < -0.39 is 18.4 Å². The lowest BCUT2D eigenvalue weighted by Gasteiger charge is -2.08. The van der Waals surface area contributed by atoms with Crippen LogP contribution in [-0.2, 0) is 11.9 Å². The highest BCUT2D eigenvalue weighted by Crippen LogP contribution is 2.30. The molecule has 0 bridgehead atoms. The van der Waals surface area contributed by atoms with E-state index in [-0.39, 0.29) is 22.6 Å². The van der Waals surface area contributed by atoms with Crippen LogP contribution in [0.5, 0.6) is 5.75 Å². The lowest BCUT2D eigenvalue weighted by atomic mass is 10.2. The fourth-order valence-corrected chi connectivity index (χ4v) is 3.25. The largest absolute Gasteiger partial charge is 0.435 e. The van der Waals surface area contributed by atoms with Gasteiger partial charge < -0.3 is 9.15 Å². The van der Waals surface area contributed by atoms with E-state index in [0.29, 0.717) is 17.1 Å². The molecule has 32 heavy (non-hydrogen) atoms. The van der Waals surface area contributed by atoms with E-state index in [1.165, 1.54) is 41.1 Å². The van der Waals surface area contributed by atoms with Gasteiger partial charge in [0.15, 0.2) is 5.82 Å². The van der Waals surface area contributed by atoms with Crippen LogP contribution >= 0.6 is 11.8 Å². The van der Waals surface area contributed by atoms with Gasteiger partial charge in [-0.05, 0) is 59.0 Å². The summed E-state index contributed by atoms with van der Waals surface area (Å²) in [7, 11) is 0. The van der Waals surface area contributed by atoms with Crippen molar-refractivity contribution in [1.82, 2.24) is 30.4 Å². The van der Waals surface area contributed by atoms with Crippen LogP contribution < -0.4 is 4.74 Å². The summed E-state index contributed by atoms with van der Waals surface area (Å²) >= 11 is 1.11. The molecule has 14 heteroatoms. The Labute approximate surface area is 180 Å². The molecule has 2 heterocycles. The third kappa shape index (κ3) is 5.01. The summed E-state index contributed by atoms with van der Waals surface area (Å²) in [5.74, 6) is 0.700. The van der Waals surface area contributed by atoms with Gasteiger partial charge in [-0.3, -0.25) is 0 Å². The maximum absolute atomic E-state index is 12.7. The Hall–Kier alpha value is -3.55. The maximum atomic E-state index is 12.7. The number of alkyl halides is 5. The fraction of sp³-hybridized carbons (Fsp3) is 0.167. The quantitative estimate of drug-likeness (QED) is 0.285.